The largest absolute Gasteiger partial charge is 0.387 e. The summed E-state index contributed by atoms with van der Waals surface area (Å²) in [6.45, 7) is 1.99. The first-order valence-electron chi connectivity index (χ1n) is 6.16. The first kappa shape index (κ1) is 12.0. The van der Waals surface area contributed by atoms with Gasteiger partial charge in [0, 0.05) is 17.5 Å². The van der Waals surface area contributed by atoms with Gasteiger partial charge in [0.2, 0.25) is 0 Å². The van der Waals surface area contributed by atoms with Crippen LogP contribution >= 0.6 is 11.3 Å². The van der Waals surface area contributed by atoms with Crippen LogP contribution in [0.4, 0.5) is 0 Å². The Morgan fingerprint density at radius 2 is 2.11 bits per heavy atom. The van der Waals surface area contributed by atoms with Crippen molar-refractivity contribution < 1.29 is 4.84 Å². The van der Waals surface area contributed by atoms with E-state index in [1.165, 1.54) is 0 Å². The highest BCUT2D eigenvalue weighted by Crippen LogP contribution is 2.29. The third kappa shape index (κ3) is 2.69. The number of nitrogens with zero attached hydrogens (tertiary/aromatic N) is 1. The molecule has 0 spiro atoms. The Morgan fingerprint density at radius 3 is 2.84 bits per heavy atom. The minimum absolute atomic E-state index is 0.00818. The minimum Gasteiger partial charge on any atom is -0.387 e. The summed E-state index contributed by atoms with van der Waals surface area (Å²) in [6.07, 6.45) is 0.853. The Labute approximate surface area is 116 Å². The van der Waals surface area contributed by atoms with Gasteiger partial charge in [-0.25, -0.2) is 0 Å². The average Bonchev–Trinajstić information content (AvgIpc) is 3.08. The van der Waals surface area contributed by atoms with E-state index in [9.17, 15) is 0 Å². The molecule has 0 saturated heterocycles. The lowest BCUT2D eigenvalue weighted by atomic mass is 9.99. The molecule has 0 fully saturated rings. The highest BCUT2D eigenvalue weighted by atomic mass is 32.1. The van der Waals surface area contributed by atoms with Crippen LogP contribution in [0.15, 0.2) is 46.9 Å². The third-order valence-electron chi connectivity index (χ3n) is 2.97. The topological polar surface area (TPSA) is 21.6 Å². The van der Waals surface area contributed by atoms with Crippen LogP contribution in [-0.2, 0) is 4.84 Å². The zero-order valence-electron chi connectivity index (χ0n) is 10.6. The van der Waals surface area contributed by atoms with Crippen molar-refractivity contribution in [2.75, 3.05) is 0 Å². The van der Waals surface area contributed by atoms with E-state index in [1.54, 1.807) is 11.3 Å². The van der Waals surface area contributed by atoms with Crippen molar-refractivity contribution in [1.82, 2.24) is 0 Å². The molecule has 0 unspecified atom stereocenters. The maximum atomic E-state index is 5.45. The SMILES string of the molecule is CC1=NO[C@@H](c2ccccc2C#Cc2cccs2)C1. The Hall–Kier alpha value is -2.05. The fourth-order valence-corrected chi connectivity index (χ4v) is 2.60. The van der Waals surface area contributed by atoms with E-state index in [-0.39, 0.29) is 6.10 Å². The van der Waals surface area contributed by atoms with Crippen molar-refractivity contribution in [1.29, 1.82) is 0 Å². The fourth-order valence-electron chi connectivity index (χ4n) is 2.03. The average molecular weight is 267 g/mol. The van der Waals surface area contributed by atoms with E-state index in [1.807, 2.05) is 42.6 Å². The molecule has 0 radical (unpaired) electrons. The van der Waals surface area contributed by atoms with Crippen molar-refractivity contribution >= 4 is 17.0 Å². The van der Waals surface area contributed by atoms with Gasteiger partial charge in [-0.1, -0.05) is 41.3 Å². The van der Waals surface area contributed by atoms with Crippen molar-refractivity contribution in [2.45, 2.75) is 19.4 Å². The lowest BCUT2D eigenvalue weighted by Gasteiger charge is -2.10. The van der Waals surface area contributed by atoms with Gasteiger partial charge in [0.15, 0.2) is 6.10 Å². The molecule has 2 aromatic rings. The van der Waals surface area contributed by atoms with E-state index in [4.69, 9.17) is 4.84 Å². The van der Waals surface area contributed by atoms with Crippen LogP contribution in [0.5, 0.6) is 0 Å². The summed E-state index contributed by atoms with van der Waals surface area (Å²) < 4.78 is 0. The van der Waals surface area contributed by atoms with Gasteiger partial charge < -0.3 is 4.84 Å². The summed E-state index contributed by atoms with van der Waals surface area (Å²) in [5, 5.41) is 6.05. The van der Waals surface area contributed by atoms with Crippen LogP contribution in [0.25, 0.3) is 0 Å². The zero-order valence-corrected chi connectivity index (χ0v) is 11.4. The van der Waals surface area contributed by atoms with Gasteiger partial charge in [0.1, 0.15) is 0 Å². The van der Waals surface area contributed by atoms with Crippen LogP contribution in [-0.4, -0.2) is 5.71 Å². The van der Waals surface area contributed by atoms with E-state index in [0.717, 1.165) is 28.1 Å². The second kappa shape index (κ2) is 5.29. The predicted molar refractivity (Wildman–Crippen MR) is 78.3 cm³/mol. The molecule has 1 aromatic heterocycles. The minimum atomic E-state index is 0.00818. The zero-order chi connectivity index (χ0) is 13.1. The van der Waals surface area contributed by atoms with Crippen molar-refractivity contribution in [3.63, 3.8) is 0 Å². The Morgan fingerprint density at radius 1 is 1.21 bits per heavy atom. The maximum Gasteiger partial charge on any atom is 0.159 e. The summed E-state index contributed by atoms with van der Waals surface area (Å²) in [5.41, 5.74) is 3.17. The van der Waals surface area contributed by atoms with E-state index in [0.29, 0.717) is 0 Å². The van der Waals surface area contributed by atoms with Crippen LogP contribution in [0.1, 0.15) is 35.5 Å². The lowest BCUT2D eigenvalue weighted by molar-refractivity contribution is 0.0855. The van der Waals surface area contributed by atoms with Gasteiger partial charge in [0.25, 0.3) is 0 Å². The molecular weight excluding hydrogens is 254 g/mol. The van der Waals surface area contributed by atoms with Crippen LogP contribution in [0.2, 0.25) is 0 Å². The van der Waals surface area contributed by atoms with E-state index in [2.05, 4.69) is 23.1 Å². The van der Waals surface area contributed by atoms with Gasteiger partial charge in [-0.15, -0.1) is 11.3 Å². The Balaban J connectivity index is 1.90. The van der Waals surface area contributed by atoms with Crippen LogP contribution in [0, 0.1) is 11.8 Å². The summed E-state index contributed by atoms with van der Waals surface area (Å²) in [7, 11) is 0. The standard InChI is InChI=1S/C16H13NOS/c1-12-11-16(18-17-12)15-7-3-2-5-13(15)8-9-14-6-4-10-19-14/h2-7,10,16H,11H2,1H3/t16-/m1/s1. The molecule has 0 saturated carbocycles. The van der Waals surface area contributed by atoms with Crippen molar-refractivity contribution in [3.05, 3.63) is 57.8 Å². The van der Waals surface area contributed by atoms with Crippen LogP contribution < -0.4 is 0 Å². The van der Waals surface area contributed by atoms with Crippen molar-refractivity contribution in [3.8, 4) is 11.8 Å². The molecule has 3 heteroatoms. The third-order valence-corrected chi connectivity index (χ3v) is 3.75. The summed E-state index contributed by atoms with van der Waals surface area (Å²) in [6, 6.07) is 12.2. The number of oxime groups is 1. The summed E-state index contributed by atoms with van der Waals surface area (Å²) >= 11 is 1.65. The predicted octanol–water partition coefficient (Wildman–Crippen LogP) is 3.99. The molecule has 3 rings (SSSR count). The van der Waals surface area contributed by atoms with Gasteiger partial charge in [-0.3, -0.25) is 0 Å². The monoisotopic (exact) mass is 267 g/mol. The summed E-state index contributed by atoms with van der Waals surface area (Å²) in [5.74, 6) is 6.43. The smallest absolute Gasteiger partial charge is 0.159 e. The molecule has 0 amide bonds. The highest BCUT2D eigenvalue weighted by molar-refractivity contribution is 7.10. The Kier molecular flexibility index (Phi) is 3.35. The van der Waals surface area contributed by atoms with E-state index >= 15 is 0 Å². The fraction of sp³-hybridized carbons (Fsp3) is 0.188. The second-order valence-electron chi connectivity index (χ2n) is 4.44. The quantitative estimate of drug-likeness (QED) is 0.716. The van der Waals surface area contributed by atoms with Gasteiger partial charge in [0.05, 0.1) is 10.6 Å². The number of thiophene rings is 1. The van der Waals surface area contributed by atoms with Gasteiger partial charge >= 0.3 is 0 Å². The number of hydrogen-bond donors (Lipinski definition) is 0. The molecule has 1 atom stereocenters. The molecule has 19 heavy (non-hydrogen) atoms. The summed E-state index contributed by atoms with van der Waals surface area (Å²) in [4.78, 5) is 6.53. The molecule has 1 aromatic carbocycles. The molecule has 0 bridgehead atoms. The maximum absolute atomic E-state index is 5.45. The molecule has 0 N–H and O–H groups in total. The normalized spacial score (nSPS) is 17.3. The highest BCUT2D eigenvalue weighted by Gasteiger charge is 2.21. The first-order chi connectivity index (χ1) is 9.33. The second-order valence-corrected chi connectivity index (χ2v) is 5.39. The molecule has 94 valence electrons. The molecular formula is C16H13NOS. The number of hydrogen-bond acceptors (Lipinski definition) is 3. The first-order valence-corrected chi connectivity index (χ1v) is 7.04. The molecule has 0 aliphatic carbocycles. The van der Waals surface area contributed by atoms with Crippen molar-refractivity contribution in [2.24, 2.45) is 5.16 Å². The van der Waals surface area contributed by atoms with Crippen LogP contribution in [0.3, 0.4) is 0 Å². The van der Waals surface area contributed by atoms with Gasteiger partial charge in [-0.05, 0) is 24.4 Å². The molecule has 1 aliphatic heterocycles. The van der Waals surface area contributed by atoms with E-state index < -0.39 is 0 Å². The lowest BCUT2D eigenvalue weighted by Crippen LogP contribution is -2.00. The number of rotatable bonds is 1. The molecule has 1 aliphatic rings. The Bertz CT molecular complexity index is 662. The molecule has 2 heterocycles. The number of benzene rings is 1. The van der Waals surface area contributed by atoms with Gasteiger partial charge in [-0.2, -0.15) is 0 Å². The molecule has 2 nitrogen and oxygen atoms in total.